The monoisotopic (exact) mass is 318 g/mol. The first-order valence-electron chi connectivity index (χ1n) is 6.72. The SMILES string of the molecule is CC(CCOC(=O)C=CC(=O)O)[Si](C)(C)O[Si](C)(C)C. The molecule has 0 aromatic rings. The van der Waals surface area contributed by atoms with Crippen molar-refractivity contribution >= 4 is 28.6 Å². The van der Waals surface area contributed by atoms with Crippen LogP contribution in [0.25, 0.3) is 0 Å². The van der Waals surface area contributed by atoms with Gasteiger partial charge in [-0.1, -0.05) is 6.92 Å². The van der Waals surface area contributed by atoms with Crippen molar-refractivity contribution < 1.29 is 23.5 Å². The number of ether oxygens (including phenoxy) is 1. The first-order valence-corrected chi connectivity index (χ1v) is 13.1. The van der Waals surface area contributed by atoms with Crippen LogP contribution in [-0.4, -0.2) is 40.3 Å². The standard InChI is InChI=1S/C13H26O5Si2/c1-11(20(5,6)18-19(2,3)4)9-10-17-13(16)8-7-12(14)15/h7-8,11H,9-10H2,1-6H3,(H,14,15). The minimum atomic E-state index is -1.79. The van der Waals surface area contributed by atoms with E-state index in [2.05, 4.69) is 39.7 Å². The number of carbonyl (C=O) groups is 2. The summed E-state index contributed by atoms with van der Waals surface area (Å²) in [6.07, 6.45) is 2.43. The predicted octanol–water partition coefficient (Wildman–Crippen LogP) is 3.01. The molecular formula is C13H26O5Si2. The fourth-order valence-corrected chi connectivity index (χ4v) is 9.69. The van der Waals surface area contributed by atoms with E-state index < -0.39 is 28.6 Å². The van der Waals surface area contributed by atoms with Crippen LogP contribution in [0.1, 0.15) is 13.3 Å². The highest BCUT2D eigenvalue weighted by Gasteiger charge is 2.34. The summed E-state index contributed by atoms with van der Waals surface area (Å²) in [6.45, 7) is 13.3. The van der Waals surface area contributed by atoms with Gasteiger partial charge in [0, 0.05) is 12.2 Å². The Labute approximate surface area is 123 Å². The van der Waals surface area contributed by atoms with Crippen LogP contribution in [0.4, 0.5) is 0 Å². The molecule has 1 unspecified atom stereocenters. The van der Waals surface area contributed by atoms with Gasteiger partial charge in [0.15, 0.2) is 16.6 Å². The van der Waals surface area contributed by atoms with Crippen LogP contribution in [0.5, 0.6) is 0 Å². The first-order chi connectivity index (χ1) is 8.94. The average Bonchev–Trinajstić information content (AvgIpc) is 2.22. The Bertz CT molecular complexity index is 371. The normalized spacial score (nSPS) is 14.3. The molecular weight excluding hydrogens is 292 g/mol. The van der Waals surface area contributed by atoms with E-state index in [4.69, 9.17) is 14.0 Å². The van der Waals surface area contributed by atoms with Gasteiger partial charge in [0.2, 0.25) is 0 Å². The number of aliphatic carboxylic acids is 1. The van der Waals surface area contributed by atoms with Gasteiger partial charge in [-0.2, -0.15) is 0 Å². The quantitative estimate of drug-likeness (QED) is 0.423. The third kappa shape index (κ3) is 9.05. The van der Waals surface area contributed by atoms with Gasteiger partial charge in [0.1, 0.15) is 0 Å². The molecule has 0 bridgehead atoms. The number of hydrogen-bond donors (Lipinski definition) is 1. The molecule has 0 spiro atoms. The van der Waals surface area contributed by atoms with Crippen molar-refractivity contribution in [2.75, 3.05) is 6.61 Å². The summed E-state index contributed by atoms with van der Waals surface area (Å²) in [5.41, 5.74) is 0.366. The Morgan fingerprint density at radius 3 is 2.15 bits per heavy atom. The summed E-state index contributed by atoms with van der Waals surface area (Å²) in [6, 6.07) is 0. The first kappa shape index (κ1) is 19.1. The van der Waals surface area contributed by atoms with E-state index in [1.54, 1.807) is 0 Å². The van der Waals surface area contributed by atoms with E-state index in [9.17, 15) is 9.59 Å². The van der Waals surface area contributed by atoms with Crippen LogP contribution in [0.3, 0.4) is 0 Å². The lowest BCUT2D eigenvalue weighted by Crippen LogP contribution is -2.45. The topological polar surface area (TPSA) is 72.8 Å². The molecule has 0 fully saturated rings. The van der Waals surface area contributed by atoms with Gasteiger partial charge in [0.05, 0.1) is 6.61 Å². The van der Waals surface area contributed by atoms with Crippen molar-refractivity contribution in [2.24, 2.45) is 0 Å². The Morgan fingerprint density at radius 2 is 1.70 bits per heavy atom. The second-order valence-corrected chi connectivity index (χ2v) is 15.6. The van der Waals surface area contributed by atoms with Crippen molar-refractivity contribution in [3.05, 3.63) is 12.2 Å². The van der Waals surface area contributed by atoms with Crippen molar-refractivity contribution in [3.63, 3.8) is 0 Å². The molecule has 7 heteroatoms. The number of rotatable bonds is 8. The van der Waals surface area contributed by atoms with E-state index in [0.717, 1.165) is 18.6 Å². The maximum atomic E-state index is 11.2. The number of carboxylic acid groups (broad SMARTS) is 1. The molecule has 0 saturated heterocycles. The summed E-state index contributed by atoms with van der Waals surface area (Å²) < 4.78 is 11.2. The molecule has 0 heterocycles. The van der Waals surface area contributed by atoms with Crippen molar-refractivity contribution in [1.82, 2.24) is 0 Å². The van der Waals surface area contributed by atoms with E-state index in [1.165, 1.54) is 0 Å². The molecule has 0 rings (SSSR count). The second-order valence-electron chi connectivity index (χ2n) is 6.35. The molecule has 0 aliphatic heterocycles. The number of hydrogen-bond acceptors (Lipinski definition) is 4. The van der Waals surface area contributed by atoms with Gasteiger partial charge < -0.3 is 14.0 Å². The molecule has 0 saturated carbocycles. The van der Waals surface area contributed by atoms with E-state index >= 15 is 0 Å². The molecule has 0 aromatic carbocycles. The molecule has 0 aliphatic rings. The molecule has 116 valence electrons. The van der Waals surface area contributed by atoms with Crippen LogP contribution in [0, 0.1) is 0 Å². The highest BCUT2D eigenvalue weighted by atomic mass is 28.4. The largest absolute Gasteiger partial charge is 0.478 e. The molecule has 0 aromatic heterocycles. The van der Waals surface area contributed by atoms with Crippen LogP contribution in [0.15, 0.2) is 12.2 Å². The number of carbonyl (C=O) groups excluding carboxylic acids is 1. The number of carboxylic acids is 1. The smallest absolute Gasteiger partial charge is 0.331 e. The zero-order chi connectivity index (χ0) is 16.0. The van der Waals surface area contributed by atoms with Crippen LogP contribution < -0.4 is 0 Å². The summed E-state index contributed by atoms with van der Waals surface area (Å²) in [7, 11) is -3.36. The number of esters is 1. The van der Waals surface area contributed by atoms with Crippen LogP contribution in [-0.2, 0) is 18.4 Å². The van der Waals surface area contributed by atoms with Crippen LogP contribution >= 0.6 is 0 Å². The third-order valence-electron chi connectivity index (χ3n) is 2.91. The minimum absolute atomic E-state index is 0.287. The van der Waals surface area contributed by atoms with Gasteiger partial charge >= 0.3 is 11.9 Å². The predicted molar refractivity (Wildman–Crippen MR) is 83.7 cm³/mol. The van der Waals surface area contributed by atoms with Gasteiger partial charge in [-0.25, -0.2) is 9.59 Å². The fraction of sp³-hybridized carbons (Fsp3) is 0.692. The van der Waals surface area contributed by atoms with Gasteiger partial charge in [-0.3, -0.25) is 0 Å². The Balaban J connectivity index is 4.19. The maximum absolute atomic E-state index is 11.2. The van der Waals surface area contributed by atoms with E-state index in [1.807, 2.05) is 0 Å². The highest BCUT2D eigenvalue weighted by molar-refractivity contribution is 6.84. The van der Waals surface area contributed by atoms with Crippen molar-refractivity contribution in [1.29, 1.82) is 0 Å². The molecule has 1 N–H and O–H groups in total. The summed E-state index contributed by atoms with van der Waals surface area (Å²) in [4.78, 5) is 21.5. The Morgan fingerprint density at radius 1 is 1.15 bits per heavy atom. The van der Waals surface area contributed by atoms with Crippen molar-refractivity contribution in [3.8, 4) is 0 Å². The molecule has 1 atom stereocenters. The summed E-state index contributed by atoms with van der Waals surface area (Å²) >= 11 is 0. The van der Waals surface area contributed by atoms with Gasteiger partial charge in [-0.05, 0) is 44.7 Å². The van der Waals surface area contributed by atoms with E-state index in [-0.39, 0.29) is 6.61 Å². The zero-order valence-electron chi connectivity index (χ0n) is 13.2. The van der Waals surface area contributed by atoms with Crippen LogP contribution in [0.2, 0.25) is 38.3 Å². The Hall–Kier alpha value is -0.926. The van der Waals surface area contributed by atoms with E-state index in [0.29, 0.717) is 5.54 Å². The molecule has 20 heavy (non-hydrogen) atoms. The highest BCUT2D eigenvalue weighted by Crippen LogP contribution is 2.28. The lowest BCUT2D eigenvalue weighted by atomic mass is 10.3. The van der Waals surface area contributed by atoms with Crippen molar-refractivity contribution in [2.45, 2.75) is 51.6 Å². The summed E-state index contributed by atoms with van der Waals surface area (Å²) in [5, 5.41) is 8.39. The molecule has 0 aliphatic carbocycles. The fourth-order valence-electron chi connectivity index (χ4n) is 1.76. The lowest BCUT2D eigenvalue weighted by Gasteiger charge is -2.36. The maximum Gasteiger partial charge on any atom is 0.331 e. The molecule has 0 amide bonds. The summed E-state index contributed by atoms with van der Waals surface area (Å²) in [5.74, 6) is -1.78. The lowest BCUT2D eigenvalue weighted by molar-refractivity contribution is -0.138. The van der Waals surface area contributed by atoms with Gasteiger partial charge in [-0.15, -0.1) is 0 Å². The average molecular weight is 319 g/mol. The minimum Gasteiger partial charge on any atom is -0.478 e. The zero-order valence-corrected chi connectivity index (χ0v) is 15.2. The molecule has 5 nitrogen and oxygen atoms in total. The third-order valence-corrected chi connectivity index (χ3v) is 10.1. The van der Waals surface area contributed by atoms with Gasteiger partial charge in [0.25, 0.3) is 0 Å². The molecule has 0 radical (unpaired) electrons. The Kier molecular flexibility index (Phi) is 7.39. The second kappa shape index (κ2) is 7.75.